The van der Waals surface area contributed by atoms with E-state index in [0.29, 0.717) is 29.9 Å². The lowest BCUT2D eigenvalue weighted by atomic mass is 9.97. The van der Waals surface area contributed by atoms with Crippen molar-refractivity contribution in [3.05, 3.63) is 53.7 Å². The Balaban J connectivity index is 1.78. The van der Waals surface area contributed by atoms with Gasteiger partial charge in [0.05, 0.1) is 18.4 Å². The number of rotatable bonds is 6. The predicted molar refractivity (Wildman–Crippen MR) is 137 cm³/mol. The molecule has 10 nitrogen and oxygen atoms in total. The second kappa shape index (κ2) is 9.38. The number of hydrogen-bond donors (Lipinski definition) is 2. The monoisotopic (exact) mass is 510 g/mol. The summed E-state index contributed by atoms with van der Waals surface area (Å²) in [5.41, 5.74) is 7.69. The van der Waals surface area contributed by atoms with Crippen LogP contribution in [-0.2, 0) is 10.0 Å². The Morgan fingerprint density at radius 1 is 1.22 bits per heavy atom. The molecule has 0 aliphatic carbocycles. The summed E-state index contributed by atoms with van der Waals surface area (Å²) in [4.78, 5) is 28.4. The molecular formula is C25H30N6O4S. The van der Waals surface area contributed by atoms with E-state index < -0.39 is 15.9 Å². The zero-order chi connectivity index (χ0) is 26.3. The molecule has 0 spiro atoms. The van der Waals surface area contributed by atoms with Crippen molar-refractivity contribution in [2.45, 2.75) is 44.7 Å². The van der Waals surface area contributed by atoms with E-state index >= 15 is 0 Å². The number of amides is 1. The topological polar surface area (TPSA) is 140 Å². The smallest absolute Gasteiger partial charge is 0.281 e. The van der Waals surface area contributed by atoms with Gasteiger partial charge in [-0.3, -0.25) is 4.79 Å². The largest absolute Gasteiger partial charge is 0.481 e. The molecule has 1 aliphatic rings. The van der Waals surface area contributed by atoms with Gasteiger partial charge in [-0.25, -0.2) is 19.7 Å². The van der Waals surface area contributed by atoms with Gasteiger partial charge in [0.2, 0.25) is 5.88 Å². The molecule has 4 rings (SSSR count). The van der Waals surface area contributed by atoms with Crippen LogP contribution >= 0.6 is 0 Å². The van der Waals surface area contributed by atoms with Crippen LogP contribution in [0.2, 0.25) is 0 Å². The van der Waals surface area contributed by atoms with E-state index in [9.17, 15) is 13.2 Å². The van der Waals surface area contributed by atoms with Crippen molar-refractivity contribution in [3.63, 3.8) is 0 Å². The lowest BCUT2D eigenvalue weighted by Gasteiger charge is -2.34. The van der Waals surface area contributed by atoms with E-state index in [4.69, 9.17) is 15.5 Å². The number of sulfonamides is 1. The number of nitrogens with zero attached hydrogens (tertiary/aromatic N) is 4. The Kier molecular flexibility index (Phi) is 6.61. The Bertz CT molecular complexity index is 1420. The van der Waals surface area contributed by atoms with E-state index in [2.05, 4.69) is 40.4 Å². The van der Waals surface area contributed by atoms with Crippen molar-refractivity contribution < 1.29 is 17.9 Å². The zero-order valence-electron chi connectivity index (χ0n) is 20.9. The molecule has 190 valence electrons. The van der Waals surface area contributed by atoms with Gasteiger partial charge in [-0.05, 0) is 63.4 Å². The van der Waals surface area contributed by atoms with Gasteiger partial charge < -0.3 is 15.4 Å². The van der Waals surface area contributed by atoms with Crippen LogP contribution in [0.25, 0.3) is 11.3 Å². The number of aryl methyl sites for hydroxylation is 1. The van der Waals surface area contributed by atoms with Crippen molar-refractivity contribution in [2.24, 2.45) is 5.92 Å². The highest BCUT2D eigenvalue weighted by atomic mass is 32.2. The van der Waals surface area contributed by atoms with Gasteiger partial charge in [-0.1, -0.05) is 13.0 Å². The van der Waals surface area contributed by atoms with Crippen LogP contribution in [0.15, 0.2) is 47.6 Å². The maximum absolute atomic E-state index is 13.3. The van der Waals surface area contributed by atoms with Crippen LogP contribution in [0.5, 0.6) is 5.88 Å². The van der Waals surface area contributed by atoms with Crippen molar-refractivity contribution in [3.8, 4) is 17.1 Å². The molecule has 3 aromatic heterocycles. The molecule has 0 radical (unpaired) electrons. The molecule has 11 heteroatoms. The number of methoxy groups -OCH3 is 1. The van der Waals surface area contributed by atoms with Crippen molar-refractivity contribution in [1.82, 2.24) is 19.7 Å². The van der Waals surface area contributed by atoms with Gasteiger partial charge in [-0.2, -0.15) is 8.42 Å². The van der Waals surface area contributed by atoms with Gasteiger partial charge in [0.15, 0.2) is 5.03 Å². The van der Waals surface area contributed by atoms with E-state index in [1.807, 2.05) is 13.0 Å². The quantitative estimate of drug-likeness (QED) is 0.511. The normalized spacial score (nSPS) is 17.1. The Hall–Kier alpha value is -3.73. The minimum absolute atomic E-state index is 0.0354. The van der Waals surface area contributed by atoms with Crippen molar-refractivity contribution in [2.75, 3.05) is 24.3 Å². The zero-order valence-corrected chi connectivity index (χ0v) is 21.8. The number of anilines is 2. The molecule has 1 aliphatic heterocycles. The van der Waals surface area contributed by atoms with Crippen molar-refractivity contribution in [1.29, 1.82) is 0 Å². The summed E-state index contributed by atoms with van der Waals surface area (Å²) in [7, 11) is -2.69. The molecule has 1 atom stereocenters. The summed E-state index contributed by atoms with van der Waals surface area (Å²) in [5.74, 6) is 0.528. The standard InChI is InChI=1S/C25H30N6O4S/c1-15-12-25(3,4)31(14-15)22-18(23(32)30-36(33,34)21-8-6-7-20(26)29-21)9-10-19(28-22)17-11-16(2)24(35-5)27-13-17/h6-11,13,15H,12,14H2,1-5H3,(H2,26,29)(H,30,32)/t15-/m0/s1. The van der Waals surface area contributed by atoms with E-state index in [0.717, 1.165) is 17.5 Å². The predicted octanol–water partition coefficient (Wildman–Crippen LogP) is 3.18. The highest BCUT2D eigenvalue weighted by molar-refractivity contribution is 7.90. The molecule has 0 bridgehead atoms. The highest BCUT2D eigenvalue weighted by Gasteiger charge is 2.39. The van der Waals surface area contributed by atoms with Crippen molar-refractivity contribution >= 4 is 27.6 Å². The number of ether oxygens (including phenoxy) is 1. The number of nitrogens with one attached hydrogen (secondary N) is 1. The van der Waals surface area contributed by atoms with Crippen LogP contribution in [0.4, 0.5) is 11.6 Å². The summed E-state index contributed by atoms with van der Waals surface area (Å²) in [6.45, 7) is 8.86. The average molecular weight is 511 g/mol. The molecule has 1 amide bonds. The van der Waals surface area contributed by atoms with Gasteiger partial charge in [-0.15, -0.1) is 0 Å². The first-order valence-corrected chi connectivity index (χ1v) is 13.0. The molecule has 0 saturated carbocycles. The molecule has 4 heterocycles. The summed E-state index contributed by atoms with van der Waals surface area (Å²) in [5, 5.41) is -0.336. The number of aromatic nitrogens is 3. The third-order valence-corrected chi connectivity index (χ3v) is 7.45. The summed E-state index contributed by atoms with van der Waals surface area (Å²) < 4.78 is 33.1. The first-order valence-electron chi connectivity index (χ1n) is 11.5. The fraction of sp³-hybridized carbons (Fsp3) is 0.360. The SMILES string of the molecule is COc1ncc(-c2ccc(C(=O)NS(=O)(=O)c3cccc(N)n3)c(N3C[C@@H](C)CC3(C)C)n2)cc1C. The Morgan fingerprint density at radius 2 is 1.97 bits per heavy atom. The lowest BCUT2D eigenvalue weighted by molar-refractivity contribution is 0.0981. The summed E-state index contributed by atoms with van der Waals surface area (Å²) in [6.07, 6.45) is 2.56. The number of pyridine rings is 3. The number of carbonyl (C=O) groups excluding carboxylic acids is 1. The summed E-state index contributed by atoms with van der Waals surface area (Å²) >= 11 is 0. The fourth-order valence-electron chi connectivity index (χ4n) is 4.68. The second-order valence-corrected chi connectivity index (χ2v) is 11.3. The number of carbonyl (C=O) groups is 1. The van der Waals surface area contributed by atoms with E-state index in [1.165, 1.54) is 18.2 Å². The minimum Gasteiger partial charge on any atom is -0.481 e. The van der Waals surface area contributed by atoms with E-state index in [1.54, 1.807) is 25.4 Å². The molecule has 1 fully saturated rings. The average Bonchev–Trinajstić information content (AvgIpc) is 3.09. The van der Waals surface area contributed by atoms with Gasteiger partial charge in [0, 0.05) is 29.4 Å². The molecule has 3 aromatic rings. The highest BCUT2D eigenvalue weighted by Crippen LogP contribution is 2.38. The van der Waals surface area contributed by atoms with Crippen LogP contribution in [0, 0.1) is 12.8 Å². The van der Waals surface area contributed by atoms with Crippen LogP contribution in [0.1, 0.15) is 43.1 Å². The third-order valence-electron chi connectivity index (χ3n) is 6.22. The number of nitrogen functional groups attached to an aromatic ring is 1. The maximum Gasteiger partial charge on any atom is 0.281 e. The second-order valence-electron chi connectivity index (χ2n) is 9.69. The molecule has 1 saturated heterocycles. The van der Waals surface area contributed by atoms with Crippen LogP contribution in [0.3, 0.4) is 0 Å². The fourth-order valence-corrected chi connectivity index (χ4v) is 5.62. The van der Waals surface area contributed by atoms with E-state index in [-0.39, 0.29) is 21.9 Å². The first kappa shape index (κ1) is 25.4. The maximum atomic E-state index is 13.3. The first-order chi connectivity index (χ1) is 16.9. The molecule has 0 unspecified atom stereocenters. The van der Waals surface area contributed by atoms with Crippen LogP contribution < -0.4 is 20.1 Å². The molecule has 3 N–H and O–H groups in total. The minimum atomic E-state index is -4.25. The third kappa shape index (κ3) is 4.97. The van der Waals surface area contributed by atoms with Crippen LogP contribution in [-0.4, -0.2) is 48.5 Å². The number of hydrogen-bond acceptors (Lipinski definition) is 9. The summed E-state index contributed by atoms with van der Waals surface area (Å²) in [6, 6.07) is 9.38. The van der Waals surface area contributed by atoms with Gasteiger partial charge in [0.25, 0.3) is 15.9 Å². The molecular weight excluding hydrogens is 480 g/mol. The van der Waals surface area contributed by atoms with Gasteiger partial charge in [0.1, 0.15) is 11.6 Å². The molecule has 36 heavy (non-hydrogen) atoms. The Morgan fingerprint density at radius 3 is 2.58 bits per heavy atom. The Labute approximate surface area is 211 Å². The van der Waals surface area contributed by atoms with Gasteiger partial charge >= 0.3 is 0 Å². The molecule has 0 aromatic carbocycles. The lowest BCUT2D eigenvalue weighted by Crippen LogP contribution is -2.41. The number of nitrogens with two attached hydrogens (primary N) is 1.